The molecule has 0 atom stereocenters. The Morgan fingerprint density at radius 1 is 1.26 bits per heavy atom. The van der Waals surface area contributed by atoms with Crippen molar-refractivity contribution in [2.24, 2.45) is 5.41 Å². The zero-order chi connectivity index (χ0) is 14.0. The first-order valence-corrected chi connectivity index (χ1v) is 7.01. The number of aromatic nitrogens is 1. The maximum atomic E-state index is 10.8. The first kappa shape index (κ1) is 13.7. The van der Waals surface area contributed by atoms with Crippen LogP contribution in [0.5, 0.6) is 0 Å². The molecule has 0 spiro atoms. The normalized spacial score (nSPS) is 11.5. The number of benzene rings is 1. The summed E-state index contributed by atoms with van der Waals surface area (Å²) < 4.78 is 0. The van der Waals surface area contributed by atoms with E-state index in [4.69, 9.17) is 5.11 Å². The molecule has 1 aromatic heterocycles. The zero-order valence-electron chi connectivity index (χ0n) is 11.3. The second-order valence-corrected chi connectivity index (χ2v) is 6.69. The molecule has 1 heterocycles. The van der Waals surface area contributed by atoms with Crippen molar-refractivity contribution in [3.05, 3.63) is 40.2 Å². The Bertz CT molecular complexity index is 579. The van der Waals surface area contributed by atoms with Crippen LogP contribution in [0.4, 0.5) is 0 Å². The van der Waals surface area contributed by atoms with E-state index >= 15 is 0 Å². The fraction of sp³-hybridized carbons (Fsp3) is 0.333. The molecular formula is C15H17NO2S. The highest BCUT2D eigenvalue weighted by molar-refractivity contribution is 7.09. The standard InChI is InChI=1S/C15H17NO2S/c1-15(2,3)8-13-16-12(9-19-13)10-4-6-11(7-5-10)14(17)18/h4-7,9H,8H2,1-3H3,(H,17,18). The highest BCUT2D eigenvalue weighted by Gasteiger charge is 2.14. The fourth-order valence-electron chi connectivity index (χ4n) is 1.76. The van der Waals surface area contributed by atoms with E-state index in [-0.39, 0.29) is 5.41 Å². The number of carboxylic acid groups (broad SMARTS) is 1. The summed E-state index contributed by atoms with van der Waals surface area (Å²) >= 11 is 1.65. The minimum atomic E-state index is -0.904. The van der Waals surface area contributed by atoms with Gasteiger partial charge in [-0.05, 0) is 17.5 Å². The molecule has 0 radical (unpaired) electrons. The van der Waals surface area contributed by atoms with E-state index in [0.717, 1.165) is 22.7 Å². The van der Waals surface area contributed by atoms with Gasteiger partial charge in [0.05, 0.1) is 16.3 Å². The SMILES string of the molecule is CC(C)(C)Cc1nc(-c2ccc(C(=O)O)cc2)cs1. The Kier molecular flexibility index (Phi) is 3.71. The lowest BCUT2D eigenvalue weighted by Crippen LogP contribution is -2.08. The third-order valence-corrected chi connectivity index (χ3v) is 3.51. The van der Waals surface area contributed by atoms with Gasteiger partial charge in [0.25, 0.3) is 0 Å². The molecule has 0 bridgehead atoms. The molecular weight excluding hydrogens is 258 g/mol. The second kappa shape index (κ2) is 5.13. The molecule has 0 saturated carbocycles. The van der Waals surface area contributed by atoms with Gasteiger partial charge in [-0.2, -0.15) is 0 Å². The van der Waals surface area contributed by atoms with Crippen LogP contribution in [0.2, 0.25) is 0 Å². The van der Waals surface area contributed by atoms with Gasteiger partial charge in [-0.15, -0.1) is 11.3 Å². The number of carboxylic acids is 1. The van der Waals surface area contributed by atoms with Crippen molar-refractivity contribution < 1.29 is 9.90 Å². The topological polar surface area (TPSA) is 50.2 Å². The van der Waals surface area contributed by atoms with Gasteiger partial charge in [0, 0.05) is 17.4 Å². The Hall–Kier alpha value is -1.68. The van der Waals surface area contributed by atoms with Gasteiger partial charge < -0.3 is 5.11 Å². The molecule has 0 aliphatic rings. The van der Waals surface area contributed by atoms with E-state index in [1.807, 2.05) is 5.38 Å². The van der Waals surface area contributed by atoms with Gasteiger partial charge in [0.15, 0.2) is 0 Å². The smallest absolute Gasteiger partial charge is 0.335 e. The molecule has 0 saturated heterocycles. The molecule has 4 heteroatoms. The highest BCUT2D eigenvalue weighted by atomic mass is 32.1. The summed E-state index contributed by atoms with van der Waals surface area (Å²) in [4.78, 5) is 15.4. The number of nitrogens with zero attached hydrogens (tertiary/aromatic N) is 1. The number of hydrogen-bond donors (Lipinski definition) is 1. The van der Waals surface area contributed by atoms with Crippen LogP contribution in [-0.4, -0.2) is 16.1 Å². The maximum absolute atomic E-state index is 10.8. The number of thiazole rings is 1. The van der Waals surface area contributed by atoms with E-state index in [9.17, 15) is 4.79 Å². The van der Waals surface area contributed by atoms with E-state index in [0.29, 0.717) is 5.56 Å². The minimum absolute atomic E-state index is 0.224. The lowest BCUT2D eigenvalue weighted by molar-refractivity contribution is 0.0697. The molecule has 0 fully saturated rings. The van der Waals surface area contributed by atoms with Crippen molar-refractivity contribution in [2.45, 2.75) is 27.2 Å². The predicted octanol–water partition coefficient (Wildman–Crippen LogP) is 4.10. The van der Waals surface area contributed by atoms with E-state index in [1.54, 1.807) is 35.6 Å². The summed E-state index contributed by atoms with van der Waals surface area (Å²) in [6.45, 7) is 6.57. The van der Waals surface area contributed by atoms with Crippen molar-refractivity contribution in [2.75, 3.05) is 0 Å². The molecule has 0 unspecified atom stereocenters. The van der Waals surface area contributed by atoms with Gasteiger partial charge in [-0.3, -0.25) is 0 Å². The van der Waals surface area contributed by atoms with Gasteiger partial charge >= 0.3 is 5.97 Å². The molecule has 0 amide bonds. The van der Waals surface area contributed by atoms with Crippen LogP contribution in [0, 0.1) is 5.41 Å². The maximum Gasteiger partial charge on any atom is 0.335 e. The first-order valence-electron chi connectivity index (χ1n) is 6.13. The number of aromatic carboxylic acids is 1. The number of hydrogen-bond acceptors (Lipinski definition) is 3. The predicted molar refractivity (Wildman–Crippen MR) is 77.7 cm³/mol. The third-order valence-electron chi connectivity index (χ3n) is 2.66. The Labute approximate surface area is 116 Å². The lowest BCUT2D eigenvalue weighted by Gasteiger charge is -2.15. The van der Waals surface area contributed by atoms with Crippen LogP contribution in [0.1, 0.15) is 36.1 Å². The molecule has 100 valence electrons. The van der Waals surface area contributed by atoms with Crippen LogP contribution in [0.25, 0.3) is 11.3 Å². The minimum Gasteiger partial charge on any atom is -0.478 e. The molecule has 3 nitrogen and oxygen atoms in total. The molecule has 19 heavy (non-hydrogen) atoms. The summed E-state index contributed by atoms with van der Waals surface area (Å²) in [7, 11) is 0. The van der Waals surface area contributed by atoms with Crippen molar-refractivity contribution in [3.63, 3.8) is 0 Å². The summed E-state index contributed by atoms with van der Waals surface area (Å²) in [5, 5.41) is 12.0. The van der Waals surface area contributed by atoms with Gasteiger partial charge in [0.2, 0.25) is 0 Å². The van der Waals surface area contributed by atoms with E-state index < -0.39 is 5.97 Å². The van der Waals surface area contributed by atoms with Gasteiger partial charge in [-0.1, -0.05) is 32.9 Å². The van der Waals surface area contributed by atoms with Crippen LogP contribution in [0.15, 0.2) is 29.6 Å². The molecule has 1 N–H and O–H groups in total. The van der Waals surface area contributed by atoms with Gasteiger partial charge in [-0.25, -0.2) is 9.78 Å². The molecule has 0 aliphatic carbocycles. The van der Waals surface area contributed by atoms with Crippen LogP contribution in [-0.2, 0) is 6.42 Å². The largest absolute Gasteiger partial charge is 0.478 e. The zero-order valence-corrected chi connectivity index (χ0v) is 12.1. The highest BCUT2D eigenvalue weighted by Crippen LogP contribution is 2.27. The summed E-state index contributed by atoms with van der Waals surface area (Å²) in [5.74, 6) is -0.904. The summed E-state index contributed by atoms with van der Waals surface area (Å²) in [6, 6.07) is 6.83. The molecule has 2 aromatic rings. The van der Waals surface area contributed by atoms with Crippen molar-refractivity contribution in [1.29, 1.82) is 0 Å². The van der Waals surface area contributed by atoms with Crippen molar-refractivity contribution in [1.82, 2.24) is 4.98 Å². The molecule has 1 aromatic carbocycles. The number of rotatable bonds is 3. The van der Waals surface area contributed by atoms with E-state index in [1.165, 1.54) is 0 Å². The second-order valence-electron chi connectivity index (χ2n) is 5.75. The Balaban J connectivity index is 2.20. The first-order chi connectivity index (χ1) is 8.85. The number of carbonyl (C=O) groups is 1. The molecule has 2 rings (SSSR count). The molecule has 0 aliphatic heterocycles. The van der Waals surface area contributed by atoms with Crippen LogP contribution in [0.3, 0.4) is 0 Å². The summed E-state index contributed by atoms with van der Waals surface area (Å²) in [6.07, 6.45) is 0.949. The third kappa shape index (κ3) is 3.64. The lowest BCUT2D eigenvalue weighted by atomic mass is 9.93. The van der Waals surface area contributed by atoms with Crippen LogP contribution < -0.4 is 0 Å². The average molecular weight is 275 g/mol. The van der Waals surface area contributed by atoms with Crippen molar-refractivity contribution in [3.8, 4) is 11.3 Å². The van der Waals surface area contributed by atoms with Gasteiger partial charge in [0.1, 0.15) is 0 Å². The van der Waals surface area contributed by atoms with Crippen molar-refractivity contribution >= 4 is 17.3 Å². The average Bonchev–Trinajstić information content (AvgIpc) is 2.75. The monoisotopic (exact) mass is 275 g/mol. The Morgan fingerprint density at radius 3 is 2.42 bits per heavy atom. The quantitative estimate of drug-likeness (QED) is 0.917. The van der Waals surface area contributed by atoms with E-state index in [2.05, 4.69) is 25.8 Å². The Morgan fingerprint density at radius 2 is 1.89 bits per heavy atom. The summed E-state index contributed by atoms with van der Waals surface area (Å²) in [5.41, 5.74) is 2.40. The fourth-order valence-corrected chi connectivity index (χ4v) is 2.87. The van der Waals surface area contributed by atoms with Crippen LogP contribution >= 0.6 is 11.3 Å².